The van der Waals surface area contributed by atoms with Gasteiger partial charge < -0.3 is 14.2 Å². The maximum atomic E-state index is 11.3. The Morgan fingerprint density at radius 1 is 0.909 bits per heavy atom. The van der Waals surface area contributed by atoms with E-state index in [1.165, 1.54) is 0 Å². The minimum absolute atomic E-state index is 0.314. The van der Waals surface area contributed by atoms with Crippen LogP contribution in [0.25, 0.3) is 23.1 Å². The van der Waals surface area contributed by atoms with E-state index in [4.69, 9.17) is 14.2 Å². The molecule has 3 aromatic rings. The predicted octanol–water partition coefficient (Wildman–Crippen LogP) is 6.47. The van der Waals surface area contributed by atoms with E-state index in [9.17, 15) is 4.79 Å². The van der Waals surface area contributed by atoms with E-state index >= 15 is 0 Å². The first kappa shape index (κ1) is 24.1. The zero-order valence-corrected chi connectivity index (χ0v) is 19.4. The molecule has 5 nitrogen and oxygen atoms in total. The Kier molecular flexibility index (Phi) is 9.07. The van der Waals surface area contributed by atoms with E-state index < -0.39 is 0 Å². The van der Waals surface area contributed by atoms with Gasteiger partial charge in [-0.2, -0.15) is 0 Å². The Morgan fingerprint density at radius 3 is 2.36 bits per heavy atom. The molecule has 0 unspecified atom stereocenters. The lowest BCUT2D eigenvalue weighted by molar-refractivity contribution is -0.139. The van der Waals surface area contributed by atoms with Gasteiger partial charge in [0.1, 0.15) is 11.5 Å². The van der Waals surface area contributed by atoms with Gasteiger partial charge in [0, 0.05) is 11.0 Å². The molecule has 1 heterocycles. The number of benzene rings is 2. The highest BCUT2D eigenvalue weighted by Crippen LogP contribution is 2.20. The Balaban J connectivity index is 1.38. The lowest BCUT2D eigenvalue weighted by Crippen LogP contribution is -2.06. The fraction of sp³-hybridized carbons (Fsp3) is 0.286. The summed E-state index contributed by atoms with van der Waals surface area (Å²) in [6, 6.07) is 18.0. The molecule has 2 aromatic carbocycles. The first-order chi connectivity index (χ1) is 16.0. The normalized spacial score (nSPS) is 11.0. The molecule has 0 fully saturated rings. The third kappa shape index (κ3) is 7.79. The minimum atomic E-state index is -0.314. The lowest BCUT2D eigenvalue weighted by atomic mass is 10.1. The number of carbonyl (C=O) groups is 1. The van der Waals surface area contributed by atoms with Crippen molar-refractivity contribution in [2.75, 3.05) is 20.3 Å². The van der Waals surface area contributed by atoms with Crippen LogP contribution in [0.5, 0.6) is 11.5 Å². The smallest absolute Gasteiger partial charge is 0.333 e. The van der Waals surface area contributed by atoms with Crippen molar-refractivity contribution in [3.8, 4) is 11.5 Å². The van der Waals surface area contributed by atoms with Crippen molar-refractivity contribution in [2.45, 2.75) is 32.6 Å². The van der Waals surface area contributed by atoms with Crippen LogP contribution in [0.4, 0.5) is 0 Å². The van der Waals surface area contributed by atoms with E-state index in [0.29, 0.717) is 18.8 Å². The number of hydrogen-bond donors (Lipinski definition) is 0. The highest BCUT2D eigenvalue weighted by Gasteiger charge is 2.02. The third-order valence-electron chi connectivity index (χ3n) is 5.13. The summed E-state index contributed by atoms with van der Waals surface area (Å²) in [6.07, 6.45) is 7.93. The molecule has 0 aliphatic carbocycles. The van der Waals surface area contributed by atoms with Crippen molar-refractivity contribution < 1.29 is 19.0 Å². The van der Waals surface area contributed by atoms with E-state index in [1.807, 2.05) is 60.7 Å². The molecule has 0 aliphatic rings. The van der Waals surface area contributed by atoms with E-state index in [0.717, 1.165) is 59.3 Å². The summed E-state index contributed by atoms with van der Waals surface area (Å²) in [5, 5.41) is 1.05. The fourth-order valence-electron chi connectivity index (χ4n) is 3.23. The number of fused-ring (bicyclic) bond motifs is 1. The van der Waals surface area contributed by atoms with Crippen LogP contribution in [0.1, 0.15) is 43.9 Å². The standard InChI is InChI=1S/C28H31NO4/c1-21(2)28(30)33-19-7-5-4-6-18-32-25-14-9-22(10-15-25)8-12-24-13-11-23-20-26(31-3)16-17-27(23)29-24/h8-17,20H,1,4-7,18-19H2,2-3H3/b12-8+. The number of aromatic nitrogens is 1. The SMILES string of the molecule is C=C(C)C(=O)OCCCCCCOc1ccc(/C=C/c2ccc3cc(OC)ccc3n2)cc1. The van der Waals surface area contributed by atoms with Crippen molar-refractivity contribution >= 4 is 29.0 Å². The number of carbonyl (C=O) groups excluding carboxylic acids is 1. The van der Waals surface area contributed by atoms with Gasteiger partial charge in [-0.1, -0.05) is 30.9 Å². The molecule has 3 rings (SSSR count). The Morgan fingerprint density at radius 2 is 1.64 bits per heavy atom. The number of unbranched alkanes of at least 4 members (excludes halogenated alkanes) is 3. The van der Waals surface area contributed by atoms with Crippen LogP contribution in [0.3, 0.4) is 0 Å². The second-order valence-electron chi connectivity index (χ2n) is 7.88. The topological polar surface area (TPSA) is 57.7 Å². The molecule has 0 atom stereocenters. The number of hydrogen-bond acceptors (Lipinski definition) is 5. The number of pyridine rings is 1. The summed E-state index contributed by atoms with van der Waals surface area (Å²) in [4.78, 5) is 16.0. The molecule has 0 radical (unpaired) electrons. The molecule has 172 valence electrons. The van der Waals surface area contributed by atoms with Gasteiger partial charge in [-0.15, -0.1) is 0 Å². The maximum Gasteiger partial charge on any atom is 0.333 e. The van der Waals surface area contributed by atoms with Crippen LogP contribution in [0.15, 0.2) is 66.7 Å². The summed E-state index contributed by atoms with van der Waals surface area (Å²) >= 11 is 0. The number of ether oxygens (including phenoxy) is 3. The summed E-state index contributed by atoms with van der Waals surface area (Å²) in [6.45, 7) is 6.34. The molecule has 0 N–H and O–H groups in total. The van der Waals surface area contributed by atoms with Crippen LogP contribution in [-0.2, 0) is 9.53 Å². The van der Waals surface area contributed by atoms with Crippen LogP contribution in [0.2, 0.25) is 0 Å². The average molecular weight is 446 g/mol. The number of methoxy groups -OCH3 is 1. The number of rotatable bonds is 12. The van der Waals surface area contributed by atoms with Gasteiger partial charge in [0.2, 0.25) is 0 Å². The second-order valence-corrected chi connectivity index (χ2v) is 7.88. The predicted molar refractivity (Wildman–Crippen MR) is 133 cm³/mol. The van der Waals surface area contributed by atoms with Gasteiger partial charge in [-0.25, -0.2) is 9.78 Å². The monoisotopic (exact) mass is 445 g/mol. The zero-order chi connectivity index (χ0) is 23.5. The van der Waals surface area contributed by atoms with E-state index in [1.54, 1.807) is 14.0 Å². The van der Waals surface area contributed by atoms with Crippen LogP contribution in [0, 0.1) is 0 Å². The molecule has 1 aromatic heterocycles. The second kappa shape index (κ2) is 12.4. The summed E-state index contributed by atoms with van der Waals surface area (Å²) in [5.41, 5.74) is 3.37. The van der Waals surface area contributed by atoms with Crippen molar-refractivity contribution in [2.24, 2.45) is 0 Å². The van der Waals surface area contributed by atoms with Gasteiger partial charge in [0.15, 0.2) is 0 Å². The highest BCUT2D eigenvalue weighted by atomic mass is 16.5. The minimum Gasteiger partial charge on any atom is -0.497 e. The number of esters is 1. The Hall–Kier alpha value is -3.60. The lowest BCUT2D eigenvalue weighted by Gasteiger charge is -2.07. The molecule has 33 heavy (non-hydrogen) atoms. The van der Waals surface area contributed by atoms with Crippen molar-refractivity contribution in [3.63, 3.8) is 0 Å². The van der Waals surface area contributed by atoms with Gasteiger partial charge in [-0.3, -0.25) is 0 Å². The van der Waals surface area contributed by atoms with E-state index in [2.05, 4.69) is 17.6 Å². The first-order valence-corrected chi connectivity index (χ1v) is 11.2. The maximum absolute atomic E-state index is 11.3. The summed E-state index contributed by atoms with van der Waals surface area (Å²) in [7, 11) is 1.66. The zero-order valence-electron chi connectivity index (χ0n) is 19.4. The van der Waals surface area contributed by atoms with Gasteiger partial charge >= 0.3 is 5.97 Å². The first-order valence-electron chi connectivity index (χ1n) is 11.2. The molecule has 0 saturated heterocycles. The molecule has 5 heteroatoms. The van der Waals surface area contributed by atoms with Crippen molar-refractivity contribution in [1.29, 1.82) is 0 Å². The van der Waals surface area contributed by atoms with Crippen molar-refractivity contribution in [3.05, 3.63) is 78.0 Å². The molecule has 0 saturated carbocycles. The molecule has 0 spiro atoms. The summed E-state index contributed by atoms with van der Waals surface area (Å²) in [5.74, 6) is 1.38. The van der Waals surface area contributed by atoms with Crippen molar-refractivity contribution in [1.82, 2.24) is 4.98 Å². The third-order valence-corrected chi connectivity index (χ3v) is 5.13. The van der Waals surface area contributed by atoms with Crippen LogP contribution >= 0.6 is 0 Å². The van der Waals surface area contributed by atoms with Gasteiger partial charge in [0.05, 0.1) is 31.5 Å². The summed E-state index contributed by atoms with van der Waals surface area (Å²) < 4.78 is 16.2. The quantitative estimate of drug-likeness (QED) is 0.182. The average Bonchev–Trinajstić information content (AvgIpc) is 2.84. The molecule has 0 aliphatic heterocycles. The fourth-order valence-corrected chi connectivity index (χ4v) is 3.23. The Bertz CT molecular complexity index is 1100. The molecule has 0 amide bonds. The largest absolute Gasteiger partial charge is 0.497 e. The highest BCUT2D eigenvalue weighted by molar-refractivity contribution is 5.86. The molecular formula is C28H31NO4. The Labute approximate surface area is 195 Å². The molecule has 0 bridgehead atoms. The number of nitrogens with zero attached hydrogens (tertiary/aromatic N) is 1. The van der Waals surface area contributed by atoms with Gasteiger partial charge in [0.25, 0.3) is 0 Å². The van der Waals surface area contributed by atoms with Crippen LogP contribution < -0.4 is 9.47 Å². The molecular weight excluding hydrogens is 414 g/mol. The van der Waals surface area contributed by atoms with E-state index in [-0.39, 0.29) is 5.97 Å². The van der Waals surface area contributed by atoms with Gasteiger partial charge in [-0.05, 0) is 80.6 Å². The van der Waals surface area contributed by atoms with Crippen LogP contribution in [-0.4, -0.2) is 31.3 Å².